The van der Waals surface area contributed by atoms with E-state index < -0.39 is 0 Å². The van der Waals surface area contributed by atoms with Crippen molar-refractivity contribution in [2.75, 3.05) is 31.5 Å². The number of nitrogens with zero attached hydrogens (tertiary/aromatic N) is 1. The Labute approximate surface area is 143 Å². The van der Waals surface area contributed by atoms with Crippen LogP contribution < -0.4 is 10.6 Å². The first-order chi connectivity index (χ1) is 9.09. The Morgan fingerprint density at radius 2 is 1.95 bits per heavy atom. The lowest BCUT2D eigenvalue weighted by atomic mass is 10.1. The first kappa shape index (κ1) is 20.5. The molecule has 1 amide bonds. The third-order valence-corrected chi connectivity index (χ3v) is 4.01. The summed E-state index contributed by atoms with van der Waals surface area (Å²) in [5.41, 5.74) is 1.70. The van der Waals surface area contributed by atoms with Gasteiger partial charge in [-0.3, -0.25) is 9.69 Å². The van der Waals surface area contributed by atoms with E-state index >= 15 is 0 Å². The van der Waals surface area contributed by atoms with Crippen molar-refractivity contribution in [2.45, 2.75) is 19.9 Å². The standard InChI is InChI=1S/C14H20ClN3O.2ClH/c1-10-12(15)4-3-5-13(10)17-14(19)11(2)18-8-6-16-7-9-18;;/h3-5,11,16H,6-9H2,1-2H3,(H,17,19);2*1H. The van der Waals surface area contributed by atoms with E-state index in [-0.39, 0.29) is 36.8 Å². The summed E-state index contributed by atoms with van der Waals surface area (Å²) in [4.78, 5) is 14.4. The van der Waals surface area contributed by atoms with E-state index in [1.807, 2.05) is 32.0 Å². The number of halogens is 3. The Hall–Kier alpha value is -0.520. The number of carbonyl (C=O) groups excluding carboxylic acids is 1. The highest BCUT2D eigenvalue weighted by molar-refractivity contribution is 6.31. The van der Waals surface area contributed by atoms with Crippen LogP contribution in [-0.2, 0) is 4.79 Å². The number of rotatable bonds is 3. The Balaban J connectivity index is 0.00000200. The molecular formula is C14H22Cl3N3O. The third-order valence-electron chi connectivity index (χ3n) is 3.60. The van der Waals surface area contributed by atoms with Crippen LogP contribution in [0.5, 0.6) is 0 Å². The molecule has 0 bridgehead atoms. The Kier molecular flexibility index (Phi) is 9.25. The molecule has 0 saturated carbocycles. The zero-order chi connectivity index (χ0) is 13.8. The topological polar surface area (TPSA) is 44.4 Å². The van der Waals surface area contributed by atoms with Crippen molar-refractivity contribution in [1.29, 1.82) is 0 Å². The summed E-state index contributed by atoms with van der Waals surface area (Å²) in [6, 6.07) is 5.43. The van der Waals surface area contributed by atoms with Crippen molar-refractivity contribution in [3.05, 3.63) is 28.8 Å². The summed E-state index contributed by atoms with van der Waals surface area (Å²) in [6.07, 6.45) is 0. The smallest absolute Gasteiger partial charge is 0.241 e. The molecule has 1 fully saturated rings. The minimum absolute atomic E-state index is 0. The number of benzene rings is 1. The van der Waals surface area contributed by atoms with E-state index in [2.05, 4.69) is 15.5 Å². The number of nitrogens with one attached hydrogen (secondary N) is 2. The van der Waals surface area contributed by atoms with Gasteiger partial charge in [-0.2, -0.15) is 0 Å². The van der Waals surface area contributed by atoms with Crippen molar-refractivity contribution in [2.24, 2.45) is 0 Å². The fourth-order valence-electron chi connectivity index (χ4n) is 2.22. The molecule has 2 N–H and O–H groups in total. The summed E-state index contributed by atoms with van der Waals surface area (Å²) < 4.78 is 0. The lowest BCUT2D eigenvalue weighted by Crippen LogP contribution is -2.51. The number of anilines is 1. The largest absolute Gasteiger partial charge is 0.324 e. The molecule has 2 rings (SSSR count). The van der Waals surface area contributed by atoms with E-state index in [0.717, 1.165) is 37.4 Å². The second-order valence-electron chi connectivity index (χ2n) is 4.86. The maximum Gasteiger partial charge on any atom is 0.241 e. The van der Waals surface area contributed by atoms with Gasteiger partial charge in [0, 0.05) is 36.9 Å². The summed E-state index contributed by atoms with van der Waals surface area (Å²) in [6.45, 7) is 7.54. The summed E-state index contributed by atoms with van der Waals surface area (Å²) in [7, 11) is 0. The number of piperazine rings is 1. The van der Waals surface area contributed by atoms with Crippen LogP contribution in [0.2, 0.25) is 5.02 Å². The average molecular weight is 355 g/mol. The maximum absolute atomic E-state index is 12.3. The van der Waals surface area contributed by atoms with Gasteiger partial charge < -0.3 is 10.6 Å². The fraction of sp³-hybridized carbons (Fsp3) is 0.500. The highest BCUT2D eigenvalue weighted by Gasteiger charge is 2.23. The molecule has 0 aromatic heterocycles. The van der Waals surface area contributed by atoms with Crippen LogP contribution in [0.3, 0.4) is 0 Å². The van der Waals surface area contributed by atoms with Crippen molar-refractivity contribution < 1.29 is 4.79 Å². The number of hydrogen-bond donors (Lipinski definition) is 2. The fourth-order valence-corrected chi connectivity index (χ4v) is 2.39. The van der Waals surface area contributed by atoms with Gasteiger partial charge >= 0.3 is 0 Å². The van der Waals surface area contributed by atoms with Crippen LogP contribution in [0.15, 0.2) is 18.2 Å². The molecule has 120 valence electrons. The number of carbonyl (C=O) groups is 1. The van der Waals surface area contributed by atoms with Gasteiger partial charge in [-0.05, 0) is 31.5 Å². The quantitative estimate of drug-likeness (QED) is 0.877. The van der Waals surface area contributed by atoms with Crippen molar-refractivity contribution in [1.82, 2.24) is 10.2 Å². The van der Waals surface area contributed by atoms with Gasteiger partial charge in [0.2, 0.25) is 5.91 Å². The van der Waals surface area contributed by atoms with Crippen molar-refractivity contribution in [3.8, 4) is 0 Å². The zero-order valence-corrected chi connectivity index (χ0v) is 14.6. The molecule has 1 aromatic rings. The molecule has 0 spiro atoms. The minimum atomic E-state index is -0.125. The molecule has 1 aliphatic heterocycles. The predicted molar refractivity (Wildman–Crippen MR) is 93.2 cm³/mol. The average Bonchev–Trinajstić information content (AvgIpc) is 2.44. The third kappa shape index (κ3) is 5.31. The zero-order valence-electron chi connectivity index (χ0n) is 12.2. The van der Waals surface area contributed by atoms with E-state index in [1.54, 1.807) is 0 Å². The van der Waals surface area contributed by atoms with Gasteiger partial charge in [0.15, 0.2) is 0 Å². The predicted octanol–water partition coefficient (Wildman–Crippen LogP) is 2.72. The molecule has 1 aromatic carbocycles. The monoisotopic (exact) mass is 353 g/mol. The van der Waals surface area contributed by atoms with Gasteiger partial charge in [0.25, 0.3) is 0 Å². The number of amides is 1. The highest BCUT2D eigenvalue weighted by atomic mass is 35.5. The van der Waals surface area contributed by atoms with E-state index in [1.165, 1.54) is 0 Å². The number of hydrogen-bond acceptors (Lipinski definition) is 3. The first-order valence-electron chi connectivity index (χ1n) is 6.60. The molecule has 1 unspecified atom stereocenters. The van der Waals surface area contributed by atoms with Gasteiger partial charge in [0.05, 0.1) is 6.04 Å². The summed E-state index contributed by atoms with van der Waals surface area (Å²) in [5, 5.41) is 6.92. The molecule has 1 saturated heterocycles. The van der Waals surface area contributed by atoms with Crippen LogP contribution >= 0.6 is 36.4 Å². The van der Waals surface area contributed by atoms with Crippen LogP contribution in [0, 0.1) is 6.92 Å². The Morgan fingerprint density at radius 1 is 1.33 bits per heavy atom. The molecule has 0 aliphatic carbocycles. The van der Waals surface area contributed by atoms with E-state index in [4.69, 9.17) is 11.6 Å². The lowest BCUT2D eigenvalue weighted by Gasteiger charge is -2.31. The van der Waals surface area contributed by atoms with Gasteiger partial charge in [-0.25, -0.2) is 0 Å². The van der Waals surface area contributed by atoms with Gasteiger partial charge in [-0.15, -0.1) is 24.8 Å². The SMILES string of the molecule is Cc1c(Cl)cccc1NC(=O)C(C)N1CCNCC1.Cl.Cl. The highest BCUT2D eigenvalue weighted by Crippen LogP contribution is 2.23. The molecule has 1 heterocycles. The second-order valence-corrected chi connectivity index (χ2v) is 5.27. The van der Waals surface area contributed by atoms with Crippen molar-refractivity contribution >= 4 is 48.0 Å². The second kappa shape index (κ2) is 9.49. The van der Waals surface area contributed by atoms with Gasteiger partial charge in [-0.1, -0.05) is 17.7 Å². The minimum Gasteiger partial charge on any atom is -0.324 e. The summed E-state index contributed by atoms with van der Waals surface area (Å²) >= 11 is 6.06. The molecule has 4 nitrogen and oxygen atoms in total. The van der Waals surface area contributed by atoms with E-state index in [0.29, 0.717) is 5.02 Å². The first-order valence-corrected chi connectivity index (χ1v) is 6.98. The molecule has 0 radical (unpaired) electrons. The van der Waals surface area contributed by atoms with Crippen LogP contribution in [0.4, 0.5) is 5.69 Å². The molecule has 1 atom stereocenters. The van der Waals surface area contributed by atoms with Crippen LogP contribution in [0.1, 0.15) is 12.5 Å². The van der Waals surface area contributed by atoms with Gasteiger partial charge in [0.1, 0.15) is 0 Å². The normalized spacial score (nSPS) is 16.3. The van der Waals surface area contributed by atoms with Crippen molar-refractivity contribution in [3.63, 3.8) is 0 Å². The lowest BCUT2D eigenvalue weighted by molar-refractivity contribution is -0.120. The molecule has 21 heavy (non-hydrogen) atoms. The Bertz CT molecular complexity index is 465. The molecule has 7 heteroatoms. The Morgan fingerprint density at radius 3 is 2.57 bits per heavy atom. The molecule has 1 aliphatic rings. The van der Waals surface area contributed by atoms with Crippen LogP contribution in [-0.4, -0.2) is 43.0 Å². The summed E-state index contributed by atoms with van der Waals surface area (Å²) in [5.74, 6) is 0.0206. The van der Waals surface area contributed by atoms with Crippen LogP contribution in [0.25, 0.3) is 0 Å². The maximum atomic E-state index is 12.3. The molecular weight excluding hydrogens is 333 g/mol. The van der Waals surface area contributed by atoms with E-state index in [9.17, 15) is 4.79 Å².